The van der Waals surface area contributed by atoms with Gasteiger partial charge < -0.3 is 19.7 Å². The summed E-state index contributed by atoms with van der Waals surface area (Å²) < 4.78 is 9.89. The number of aryl methyl sites for hydroxylation is 1. The van der Waals surface area contributed by atoms with Gasteiger partial charge in [-0.05, 0) is 55.0 Å². The number of hydrogen-bond acceptors (Lipinski definition) is 6. The molecule has 148 valence electrons. The van der Waals surface area contributed by atoms with E-state index in [0.29, 0.717) is 29.3 Å². The molecular formula is C20H22N2O5S. The summed E-state index contributed by atoms with van der Waals surface area (Å²) in [5.41, 5.74) is 1.44. The molecule has 3 rings (SSSR count). The van der Waals surface area contributed by atoms with Crippen molar-refractivity contribution in [2.24, 2.45) is 0 Å². The lowest BCUT2D eigenvalue weighted by molar-refractivity contribution is -0.142. The molecule has 1 N–H and O–H groups in total. The number of anilines is 1. The number of amides is 2. The minimum absolute atomic E-state index is 0.101. The maximum atomic E-state index is 12.8. The zero-order valence-corrected chi connectivity index (χ0v) is 16.6. The Hall–Kier alpha value is -2.87. The Labute approximate surface area is 167 Å². The maximum Gasteiger partial charge on any atom is 0.343 e. The van der Waals surface area contributed by atoms with Crippen molar-refractivity contribution in [2.45, 2.75) is 25.8 Å². The number of benzene rings is 1. The minimum atomic E-state index is -0.482. The monoisotopic (exact) mass is 402 g/mol. The summed E-state index contributed by atoms with van der Waals surface area (Å²) in [4.78, 5) is 38.9. The van der Waals surface area contributed by atoms with Crippen molar-refractivity contribution in [1.29, 1.82) is 0 Å². The van der Waals surface area contributed by atoms with E-state index < -0.39 is 12.0 Å². The van der Waals surface area contributed by atoms with E-state index in [1.54, 1.807) is 29.2 Å². The van der Waals surface area contributed by atoms with Crippen LogP contribution in [0, 0.1) is 6.92 Å². The second-order valence-electron chi connectivity index (χ2n) is 6.46. The fraction of sp³-hybridized carbons (Fsp3) is 0.350. The van der Waals surface area contributed by atoms with Gasteiger partial charge in [0.05, 0.1) is 12.0 Å². The van der Waals surface area contributed by atoms with Crippen LogP contribution in [-0.2, 0) is 14.3 Å². The van der Waals surface area contributed by atoms with E-state index in [2.05, 4.69) is 10.1 Å². The molecule has 1 aromatic heterocycles. The number of carbonyl (C=O) groups excluding carboxylic acids is 3. The van der Waals surface area contributed by atoms with Crippen LogP contribution in [0.1, 0.15) is 28.1 Å². The van der Waals surface area contributed by atoms with Crippen LogP contribution < -0.4 is 10.1 Å². The molecule has 1 fully saturated rings. The number of ether oxygens (including phenoxy) is 2. The fourth-order valence-electron chi connectivity index (χ4n) is 3.11. The molecule has 1 saturated heterocycles. The van der Waals surface area contributed by atoms with Crippen LogP contribution in [-0.4, -0.2) is 49.0 Å². The zero-order chi connectivity index (χ0) is 20.1. The Morgan fingerprint density at radius 2 is 2.11 bits per heavy atom. The molecule has 0 radical (unpaired) electrons. The van der Waals surface area contributed by atoms with Crippen molar-refractivity contribution < 1.29 is 23.9 Å². The highest BCUT2D eigenvalue weighted by Gasteiger charge is 2.35. The standard InChI is InChI=1S/C20H22N2O5S/c1-13-11-14(27-12-18(23)26-2)7-8-15(13)21-19(24)16-5-3-9-22(16)20(25)17-6-4-10-28-17/h4,6-8,10-11,16H,3,5,9,12H2,1-2H3,(H,21,24)/t16-/m0/s1. The number of thiophene rings is 1. The third kappa shape index (κ3) is 4.51. The molecule has 1 aliphatic rings. The van der Waals surface area contributed by atoms with Crippen LogP contribution in [0.4, 0.5) is 5.69 Å². The fourth-order valence-corrected chi connectivity index (χ4v) is 3.79. The number of methoxy groups -OCH3 is 1. The molecular weight excluding hydrogens is 380 g/mol. The molecule has 1 atom stereocenters. The number of nitrogens with one attached hydrogen (secondary N) is 1. The lowest BCUT2D eigenvalue weighted by Crippen LogP contribution is -2.43. The Bertz CT molecular complexity index is 865. The Morgan fingerprint density at radius 1 is 1.29 bits per heavy atom. The van der Waals surface area contributed by atoms with Gasteiger partial charge in [-0.25, -0.2) is 4.79 Å². The Morgan fingerprint density at radius 3 is 2.79 bits per heavy atom. The number of esters is 1. The Balaban J connectivity index is 1.65. The number of nitrogens with zero attached hydrogens (tertiary/aromatic N) is 1. The molecule has 0 bridgehead atoms. The second-order valence-corrected chi connectivity index (χ2v) is 7.41. The normalized spacial score (nSPS) is 15.9. The summed E-state index contributed by atoms with van der Waals surface area (Å²) in [6.07, 6.45) is 1.44. The number of carbonyl (C=O) groups is 3. The third-order valence-corrected chi connectivity index (χ3v) is 5.45. The highest BCUT2D eigenvalue weighted by molar-refractivity contribution is 7.12. The summed E-state index contributed by atoms with van der Waals surface area (Å²) in [7, 11) is 1.30. The molecule has 2 amide bonds. The van der Waals surface area contributed by atoms with Crippen molar-refractivity contribution in [1.82, 2.24) is 4.90 Å². The highest BCUT2D eigenvalue weighted by Crippen LogP contribution is 2.25. The van der Waals surface area contributed by atoms with Gasteiger partial charge in [0, 0.05) is 12.2 Å². The van der Waals surface area contributed by atoms with Crippen LogP contribution in [0.5, 0.6) is 5.75 Å². The van der Waals surface area contributed by atoms with E-state index in [-0.39, 0.29) is 18.4 Å². The molecule has 0 unspecified atom stereocenters. The molecule has 0 saturated carbocycles. The average molecular weight is 402 g/mol. The summed E-state index contributed by atoms with van der Waals surface area (Å²) in [5, 5.41) is 4.76. The quantitative estimate of drug-likeness (QED) is 0.751. The lowest BCUT2D eigenvalue weighted by Gasteiger charge is -2.24. The minimum Gasteiger partial charge on any atom is -0.482 e. The largest absolute Gasteiger partial charge is 0.482 e. The molecule has 1 aliphatic heterocycles. The van der Waals surface area contributed by atoms with Crippen LogP contribution in [0.3, 0.4) is 0 Å². The molecule has 1 aromatic carbocycles. The first kappa shape index (κ1) is 19.9. The van der Waals surface area contributed by atoms with Crippen LogP contribution in [0.15, 0.2) is 35.7 Å². The highest BCUT2D eigenvalue weighted by atomic mass is 32.1. The molecule has 28 heavy (non-hydrogen) atoms. The number of rotatable bonds is 6. The number of hydrogen-bond donors (Lipinski definition) is 1. The van der Waals surface area contributed by atoms with Crippen molar-refractivity contribution in [2.75, 3.05) is 25.6 Å². The van der Waals surface area contributed by atoms with Crippen molar-refractivity contribution in [3.8, 4) is 5.75 Å². The van der Waals surface area contributed by atoms with Gasteiger partial charge in [-0.3, -0.25) is 9.59 Å². The smallest absolute Gasteiger partial charge is 0.343 e. The SMILES string of the molecule is COC(=O)COc1ccc(NC(=O)[C@@H]2CCCN2C(=O)c2cccs2)c(C)c1. The molecule has 8 heteroatoms. The van der Waals surface area contributed by atoms with Crippen molar-refractivity contribution in [3.05, 3.63) is 46.2 Å². The van der Waals surface area contributed by atoms with Crippen LogP contribution >= 0.6 is 11.3 Å². The molecule has 2 aromatic rings. The van der Waals surface area contributed by atoms with Gasteiger partial charge in [-0.1, -0.05) is 6.07 Å². The third-order valence-electron chi connectivity index (χ3n) is 4.59. The molecule has 7 nitrogen and oxygen atoms in total. The first-order valence-electron chi connectivity index (χ1n) is 8.95. The summed E-state index contributed by atoms with van der Waals surface area (Å²) in [6, 6.07) is 8.26. The predicted octanol–water partition coefficient (Wildman–Crippen LogP) is 2.85. The van der Waals surface area contributed by atoms with Gasteiger partial charge in [-0.2, -0.15) is 0 Å². The topological polar surface area (TPSA) is 84.9 Å². The predicted molar refractivity (Wildman–Crippen MR) is 106 cm³/mol. The Kier molecular flexibility index (Phi) is 6.30. The van der Waals surface area contributed by atoms with Crippen LogP contribution in [0.25, 0.3) is 0 Å². The maximum absolute atomic E-state index is 12.8. The van der Waals surface area contributed by atoms with Gasteiger partial charge in [-0.15, -0.1) is 11.3 Å². The molecule has 2 heterocycles. The van der Waals surface area contributed by atoms with Gasteiger partial charge >= 0.3 is 5.97 Å². The van der Waals surface area contributed by atoms with Crippen molar-refractivity contribution in [3.63, 3.8) is 0 Å². The molecule has 0 aliphatic carbocycles. The summed E-state index contributed by atoms with van der Waals surface area (Å²) in [5.74, 6) is -0.257. The average Bonchev–Trinajstić information content (AvgIpc) is 3.39. The van der Waals surface area contributed by atoms with Gasteiger partial charge in [0.1, 0.15) is 11.8 Å². The summed E-state index contributed by atoms with van der Waals surface area (Å²) in [6.45, 7) is 2.24. The van der Waals surface area contributed by atoms with E-state index in [4.69, 9.17) is 4.74 Å². The van der Waals surface area contributed by atoms with E-state index >= 15 is 0 Å². The van der Waals surface area contributed by atoms with Gasteiger partial charge in [0.2, 0.25) is 5.91 Å². The number of likely N-dealkylation sites (tertiary alicyclic amines) is 1. The zero-order valence-electron chi connectivity index (χ0n) is 15.8. The van der Waals surface area contributed by atoms with Crippen molar-refractivity contribution >= 4 is 34.8 Å². The van der Waals surface area contributed by atoms with E-state index in [0.717, 1.165) is 12.0 Å². The van der Waals surface area contributed by atoms with E-state index in [1.165, 1.54) is 18.4 Å². The van der Waals surface area contributed by atoms with E-state index in [1.807, 2.05) is 18.4 Å². The lowest BCUT2D eigenvalue weighted by atomic mass is 10.1. The van der Waals surface area contributed by atoms with Crippen LogP contribution in [0.2, 0.25) is 0 Å². The first-order chi connectivity index (χ1) is 13.5. The summed E-state index contributed by atoms with van der Waals surface area (Å²) >= 11 is 1.38. The second kappa shape index (κ2) is 8.88. The first-order valence-corrected chi connectivity index (χ1v) is 9.83. The molecule has 0 spiro atoms. The van der Waals surface area contributed by atoms with E-state index in [9.17, 15) is 14.4 Å². The van der Waals surface area contributed by atoms with Gasteiger partial charge in [0.25, 0.3) is 5.91 Å². The van der Waals surface area contributed by atoms with Gasteiger partial charge in [0.15, 0.2) is 6.61 Å².